The monoisotopic (exact) mass is 484 g/mol. The number of piperidine rings is 1. The Hall–Kier alpha value is -3.73. The van der Waals surface area contributed by atoms with Gasteiger partial charge in [-0.05, 0) is 43.5 Å². The van der Waals surface area contributed by atoms with E-state index in [0.29, 0.717) is 5.82 Å². The van der Waals surface area contributed by atoms with E-state index in [1.54, 1.807) is 6.20 Å². The molecule has 0 spiro atoms. The number of nitrogens with zero attached hydrogens (tertiary/aromatic N) is 5. The molecule has 1 aliphatic heterocycles. The van der Waals surface area contributed by atoms with E-state index >= 15 is 0 Å². The summed E-state index contributed by atoms with van der Waals surface area (Å²) in [5.41, 5.74) is 12.2. The van der Waals surface area contributed by atoms with Gasteiger partial charge < -0.3 is 21.7 Å². The minimum Gasteiger partial charge on any atom is -0.382 e. The summed E-state index contributed by atoms with van der Waals surface area (Å²) >= 11 is 0. The van der Waals surface area contributed by atoms with Crippen LogP contribution in [0.3, 0.4) is 0 Å². The van der Waals surface area contributed by atoms with Gasteiger partial charge >= 0.3 is 6.18 Å². The molecule has 4 heterocycles. The molecule has 8 nitrogen and oxygen atoms in total. The molecule has 0 aliphatic carbocycles. The number of alkyl halides is 3. The van der Waals surface area contributed by atoms with E-state index in [9.17, 15) is 13.2 Å². The van der Waals surface area contributed by atoms with Crippen LogP contribution in [0.5, 0.6) is 0 Å². The van der Waals surface area contributed by atoms with Crippen LogP contribution in [0, 0.1) is 0 Å². The van der Waals surface area contributed by atoms with Gasteiger partial charge in [-0.25, -0.2) is 15.0 Å². The largest absolute Gasteiger partial charge is 0.418 e. The molecule has 4 rings (SSSR count). The second-order valence-corrected chi connectivity index (χ2v) is 8.56. The van der Waals surface area contributed by atoms with Crippen molar-refractivity contribution in [3.8, 4) is 11.4 Å². The van der Waals surface area contributed by atoms with Gasteiger partial charge in [0.05, 0.1) is 23.1 Å². The van der Waals surface area contributed by atoms with Crippen molar-refractivity contribution in [1.82, 2.24) is 19.9 Å². The lowest BCUT2D eigenvalue weighted by atomic mass is 9.86. The van der Waals surface area contributed by atoms with Gasteiger partial charge in [0.15, 0.2) is 11.6 Å². The Balaban J connectivity index is 1.61. The van der Waals surface area contributed by atoms with Crippen molar-refractivity contribution in [1.29, 1.82) is 0 Å². The highest BCUT2D eigenvalue weighted by Gasteiger charge is 2.35. The fourth-order valence-corrected chi connectivity index (χ4v) is 4.07. The van der Waals surface area contributed by atoms with Crippen molar-refractivity contribution in [3.05, 3.63) is 60.7 Å². The second-order valence-electron chi connectivity index (χ2n) is 8.56. The van der Waals surface area contributed by atoms with Gasteiger partial charge in [0.25, 0.3) is 0 Å². The molecule has 35 heavy (non-hydrogen) atoms. The van der Waals surface area contributed by atoms with Crippen LogP contribution in [0.25, 0.3) is 17.1 Å². The van der Waals surface area contributed by atoms with E-state index < -0.39 is 11.7 Å². The van der Waals surface area contributed by atoms with Gasteiger partial charge in [-0.3, -0.25) is 4.98 Å². The SMILES string of the molecule is C=C(Nc1ncccc1N1CCC(N)(CC)CC1)c1nc(-c2ncccc2C(F)(F)F)cnc1N. The molecule has 0 amide bonds. The van der Waals surface area contributed by atoms with E-state index in [0.717, 1.165) is 50.3 Å². The molecule has 0 radical (unpaired) electrons. The number of hydrogen-bond donors (Lipinski definition) is 3. The molecule has 1 saturated heterocycles. The predicted molar refractivity (Wildman–Crippen MR) is 130 cm³/mol. The van der Waals surface area contributed by atoms with Crippen molar-refractivity contribution in [2.45, 2.75) is 37.9 Å². The highest BCUT2D eigenvalue weighted by Crippen LogP contribution is 2.36. The van der Waals surface area contributed by atoms with Gasteiger partial charge in [-0.15, -0.1) is 0 Å². The number of halogens is 3. The van der Waals surface area contributed by atoms with Gasteiger partial charge in [0, 0.05) is 31.0 Å². The summed E-state index contributed by atoms with van der Waals surface area (Å²) in [5.74, 6) is 0.543. The third-order valence-electron chi connectivity index (χ3n) is 6.30. The second kappa shape index (κ2) is 9.49. The molecule has 0 aromatic carbocycles. The molecule has 5 N–H and O–H groups in total. The average Bonchev–Trinajstić information content (AvgIpc) is 2.85. The Morgan fingerprint density at radius 2 is 1.83 bits per heavy atom. The van der Waals surface area contributed by atoms with Crippen molar-refractivity contribution in [2.75, 3.05) is 29.0 Å². The van der Waals surface area contributed by atoms with E-state index in [1.807, 2.05) is 12.1 Å². The lowest BCUT2D eigenvalue weighted by molar-refractivity contribution is -0.137. The molecule has 3 aromatic heterocycles. The first-order valence-corrected chi connectivity index (χ1v) is 11.2. The first kappa shape index (κ1) is 24.4. The fraction of sp³-hybridized carbons (Fsp3) is 0.333. The highest BCUT2D eigenvalue weighted by atomic mass is 19.4. The summed E-state index contributed by atoms with van der Waals surface area (Å²) < 4.78 is 40.5. The summed E-state index contributed by atoms with van der Waals surface area (Å²) in [6.45, 7) is 7.64. The predicted octanol–water partition coefficient (Wildman–Crippen LogP) is 4.33. The van der Waals surface area contributed by atoms with Crippen LogP contribution in [0.4, 0.5) is 30.5 Å². The number of nitrogen functional groups attached to an aromatic ring is 1. The molecule has 3 aromatic rings. The number of rotatable bonds is 6. The van der Waals surface area contributed by atoms with Crippen molar-refractivity contribution in [2.24, 2.45) is 5.73 Å². The molecule has 0 unspecified atom stereocenters. The fourth-order valence-electron chi connectivity index (χ4n) is 4.07. The van der Waals surface area contributed by atoms with Crippen molar-refractivity contribution >= 4 is 23.0 Å². The standard InChI is InChI=1S/C24H27F3N8/c1-3-23(29)8-12-35(13-9-23)18-7-5-11-31-22(18)33-15(2)19-21(28)32-14-17(34-19)20-16(24(25,26)27)6-4-10-30-20/h4-7,10-11,14H,2-3,8-9,12-13,29H2,1H3,(H2,28,32)(H,31,33). The number of pyridine rings is 2. The zero-order valence-electron chi connectivity index (χ0n) is 19.3. The van der Waals surface area contributed by atoms with E-state index in [4.69, 9.17) is 11.5 Å². The molecular weight excluding hydrogens is 457 g/mol. The molecule has 11 heteroatoms. The number of anilines is 3. The van der Waals surface area contributed by atoms with E-state index in [-0.39, 0.29) is 34.1 Å². The Labute approximate surface area is 201 Å². The average molecular weight is 485 g/mol. The van der Waals surface area contributed by atoms with E-state index in [2.05, 4.69) is 43.7 Å². The molecule has 1 fully saturated rings. The molecule has 0 bridgehead atoms. The number of hydrogen-bond acceptors (Lipinski definition) is 8. The van der Waals surface area contributed by atoms with E-state index in [1.165, 1.54) is 12.3 Å². The number of nitrogens with two attached hydrogens (primary N) is 2. The lowest BCUT2D eigenvalue weighted by Gasteiger charge is -2.40. The normalized spacial score (nSPS) is 15.6. The maximum absolute atomic E-state index is 13.5. The molecule has 0 saturated carbocycles. The Bertz CT molecular complexity index is 1220. The quantitative estimate of drug-likeness (QED) is 0.473. The molecule has 184 valence electrons. The van der Waals surface area contributed by atoms with Crippen molar-refractivity contribution in [3.63, 3.8) is 0 Å². The van der Waals surface area contributed by atoms with Crippen LogP contribution in [0.15, 0.2) is 49.4 Å². The third kappa shape index (κ3) is 5.19. The molecule has 0 atom stereocenters. The summed E-state index contributed by atoms with van der Waals surface area (Å²) in [6, 6.07) is 5.94. The molecule has 1 aliphatic rings. The number of nitrogens with one attached hydrogen (secondary N) is 1. The first-order valence-electron chi connectivity index (χ1n) is 11.2. The zero-order chi connectivity index (χ0) is 25.2. The third-order valence-corrected chi connectivity index (χ3v) is 6.30. The van der Waals surface area contributed by atoms with Crippen LogP contribution >= 0.6 is 0 Å². The van der Waals surface area contributed by atoms with Crippen LogP contribution in [-0.4, -0.2) is 38.6 Å². The Morgan fingerprint density at radius 1 is 1.14 bits per heavy atom. The summed E-state index contributed by atoms with van der Waals surface area (Å²) in [7, 11) is 0. The minimum atomic E-state index is -4.60. The maximum Gasteiger partial charge on any atom is 0.418 e. The first-order chi connectivity index (χ1) is 16.6. The summed E-state index contributed by atoms with van der Waals surface area (Å²) in [5, 5.41) is 3.12. The summed E-state index contributed by atoms with van der Waals surface area (Å²) in [6.07, 6.45) is 2.08. The van der Waals surface area contributed by atoms with Crippen LogP contribution < -0.4 is 21.7 Å². The summed E-state index contributed by atoms with van der Waals surface area (Å²) in [4.78, 5) is 18.9. The minimum absolute atomic E-state index is 0.0158. The van der Waals surface area contributed by atoms with Crippen molar-refractivity contribution < 1.29 is 13.2 Å². The Morgan fingerprint density at radius 3 is 2.51 bits per heavy atom. The molecular formula is C24H27F3N8. The maximum atomic E-state index is 13.5. The topological polar surface area (TPSA) is 119 Å². The van der Waals surface area contributed by atoms with Gasteiger partial charge in [-0.1, -0.05) is 13.5 Å². The van der Waals surface area contributed by atoms with Crippen LogP contribution in [-0.2, 0) is 6.18 Å². The van der Waals surface area contributed by atoms with Gasteiger partial charge in [0.1, 0.15) is 17.1 Å². The smallest absolute Gasteiger partial charge is 0.382 e. The van der Waals surface area contributed by atoms with Crippen LogP contribution in [0.2, 0.25) is 0 Å². The highest BCUT2D eigenvalue weighted by molar-refractivity contribution is 5.82. The Kier molecular flexibility index (Phi) is 6.62. The van der Waals surface area contributed by atoms with Gasteiger partial charge in [0.2, 0.25) is 0 Å². The lowest BCUT2D eigenvalue weighted by Crippen LogP contribution is -2.50. The zero-order valence-corrected chi connectivity index (χ0v) is 19.3. The van der Waals surface area contributed by atoms with Crippen LogP contribution in [0.1, 0.15) is 37.4 Å². The number of aromatic nitrogens is 4. The van der Waals surface area contributed by atoms with Gasteiger partial charge in [-0.2, -0.15) is 13.2 Å².